The Balaban J connectivity index is 2.35. The van der Waals surface area contributed by atoms with Gasteiger partial charge in [0.1, 0.15) is 5.58 Å². The Bertz CT molecular complexity index is 801. The van der Waals surface area contributed by atoms with Gasteiger partial charge in [-0.3, -0.25) is 0 Å². The molecule has 3 rings (SSSR count). The second-order valence-electron chi connectivity index (χ2n) is 4.49. The first kappa shape index (κ1) is 12.2. The molecule has 0 unspecified atom stereocenters. The third-order valence-electron chi connectivity index (χ3n) is 3.07. The molecule has 0 amide bonds. The first-order chi connectivity index (χ1) is 9.13. The van der Waals surface area contributed by atoms with E-state index in [0.717, 1.165) is 21.0 Å². The highest BCUT2D eigenvalue weighted by atomic mass is 79.9. The summed E-state index contributed by atoms with van der Waals surface area (Å²) in [6.07, 6.45) is 0. The molecule has 3 aromatic rings. The second-order valence-corrected chi connectivity index (χ2v) is 5.40. The van der Waals surface area contributed by atoms with E-state index in [1.165, 1.54) is 5.56 Å². The van der Waals surface area contributed by atoms with Crippen molar-refractivity contribution in [1.29, 1.82) is 0 Å². The minimum Gasteiger partial charge on any atom is -0.423 e. The minimum atomic E-state index is -0.328. The molecule has 0 fully saturated rings. The molecule has 0 radical (unpaired) electrons. The fourth-order valence-corrected chi connectivity index (χ4v) is 2.47. The van der Waals surface area contributed by atoms with Gasteiger partial charge in [0, 0.05) is 15.9 Å². The number of fused-ring (bicyclic) bond motifs is 1. The minimum absolute atomic E-state index is 0.328. The van der Waals surface area contributed by atoms with Crippen molar-refractivity contribution in [3.8, 4) is 11.1 Å². The Hall–Kier alpha value is -1.87. The monoisotopic (exact) mass is 314 g/mol. The number of benzene rings is 2. The summed E-state index contributed by atoms with van der Waals surface area (Å²) in [5.41, 5.74) is 3.38. The van der Waals surface area contributed by atoms with Crippen LogP contribution in [0.25, 0.3) is 22.1 Å². The highest BCUT2D eigenvalue weighted by Crippen LogP contribution is 2.29. The standard InChI is InChI=1S/C16H11BrO2/c1-10-2-4-11(5-3-10)13-9-16(18)19-15-7-6-12(17)8-14(13)15/h2-9H,1H3. The van der Waals surface area contributed by atoms with Crippen LogP contribution in [0.15, 0.2) is 62.2 Å². The number of hydrogen-bond acceptors (Lipinski definition) is 2. The van der Waals surface area contributed by atoms with Gasteiger partial charge in [0.15, 0.2) is 0 Å². The third-order valence-corrected chi connectivity index (χ3v) is 3.56. The smallest absolute Gasteiger partial charge is 0.336 e. The van der Waals surface area contributed by atoms with Gasteiger partial charge < -0.3 is 4.42 Å². The van der Waals surface area contributed by atoms with E-state index in [1.807, 2.05) is 43.3 Å². The summed E-state index contributed by atoms with van der Waals surface area (Å²) in [7, 11) is 0. The van der Waals surface area contributed by atoms with E-state index in [2.05, 4.69) is 15.9 Å². The third kappa shape index (κ3) is 2.34. The van der Waals surface area contributed by atoms with Crippen LogP contribution < -0.4 is 5.63 Å². The lowest BCUT2D eigenvalue weighted by Gasteiger charge is -2.06. The fraction of sp³-hybridized carbons (Fsp3) is 0.0625. The van der Waals surface area contributed by atoms with E-state index in [1.54, 1.807) is 12.1 Å². The Kier molecular flexibility index (Phi) is 2.99. The van der Waals surface area contributed by atoms with Gasteiger partial charge in [-0.25, -0.2) is 4.79 Å². The van der Waals surface area contributed by atoms with Crippen LogP contribution in [-0.4, -0.2) is 0 Å². The van der Waals surface area contributed by atoms with Crippen molar-refractivity contribution in [1.82, 2.24) is 0 Å². The van der Waals surface area contributed by atoms with Crippen molar-refractivity contribution in [2.45, 2.75) is 6.92 Å². The highest BCUT2D eigenvalue weighted by Gasteiger charge is 2.08. The van der Waals surface area contributed by atoms with Gasteiger partial charge >= 0.3 is 5.63 Å². The SMILES string of the molecule is Cc1ccc(-c2cc(=O)oc3ccc(Br)cc23)cc1. The molecule has 0 bridgehead atoms. The summed E-state index contributed by atoms with van der Waals surface area (Å²) in [4.78, 5) is 11.7. The molecule has 0 spiro atoms. The number of aryl methyl sites for hydroxylation is 1. The molecule has 2 aromatic carbocycles. The lowest BCUT2D eigenvalue weighted by atomic mass is 10.0. The van der Waals surface area contributed by atoms with Gasteiger partial charge in [-0.15, -0.1) is 0 Å². The normalized spacial score (nSPS) is 10.8. The van der Waals surface area contributed by atoms with Crippen LogP contribution in [-0.2, 0) is 0 Å². The van der Waals surface area contributed by atoms with E-state index in [9.17, 15) is 4.79 Å². The topological polar surface area (TPSA) is 30.2 Å². The van der Waals surface area contributed by atoms with Crippen LogP contribution >= 0.6 is 15.9 Å². The average molecular weight is 315 g/mol. The molecule has 0 saturated carbocycles. The lowest BCUT2D eigenvalue weighted by Crippen LogP contribution is -1.98. The van der Waals surface area contributed by atoms with Gasteiger partial charge in [0.2, 0.25) is 0 Å². The highest BCUT2D eigenvalue weighted by molar-refractivity contribution is 9.10. The Labute approximate surface area is 118 Å². The first-order valence-corrected chi connectivity index (χ1v) is 6.73. The van der Waals surface area contributed by atoms with E-state index < -0.39 is 0 Å². The summed E-state index contributed by atoms with van der Waals surface area (Å²) in [6, 6.07) is 15.3. The zero-order valence-corrected chi connectivity index (χ0v) is 11.9. The van der Waals surface area contributed by atoms with E-state index in [4.69, 9.17) is 4.42 Å². The van der Waals surface area contributed by atoms with Crippen molar-refractivity contribution in [2.24, 2.45) is 0 Å². The van der Waals surface area contributed by atoms with E-state index >= 15 is 0 Å². The maximum absolute atomic E-state index is 11.7. The van der Waals surface area contributed by atoms with Gasteiger partial charge in [-0.1, -0.05) is 45.8 Å². The molecule has 0 N–H and O–H groups in total. The van der Waals surface area contributed by atoms with Crippen LogP contribution in [0.4, 0.5) is 0 Å². The van der Waals surface area contributed by atoms with E-state index in [0.29, 0.717) is 5.58 Å². The fourth-order valence-electron chi connectivity index (χ4n) is 2.11. The molecule has 19 heavy (non-hydrogen) atoms. The molecule has 1 heterocycles. The summed E-state index contributed by atoms with van der Waals surface area (Å²) in [5.74, 6) is 0. The summed E-state index contributed by atoms with van der Waals surface area (Å²) < 4.78 is 6.19. The molecule has 0 aliphatic carbocycles. The molecular formula is C16H11BrO2. The molecule has 0 saturated heterocycles. The lowest BCUT2D eigenvalue weighted by molar-refractivity contribution is 0.561. The van der Waals surface area contributed by atoms with Crippen molar-refractivity contribution >= 4 is 26.9 Å². The summed E-state index contributed by atoms with van der Waals surface area (Å²) >= 11 is 3.45. The molecule has 94 valence electrons. The van der Waals surface area contributed by atoms with Crippen molar-refractivity contribution in [3.63, 3.8) is 0 Å². The summed E-state index contributed by atoms with van der Waals surface area (Å²) in [5, 5.41) is 0.929. The molecule has 2 nitrogen and oxygen atoms in total. The van der Waals surface area contributed by atoms with Crippen LogP contribution in [0.3, 0.4) is 0 Å². The quantitative estimate of drug-likeness (QED) is 0.618. The molecule has 0 aliphatic heterocycles. The predicted molar refractivity (Wildman–Crippen MR) is 80.4 cm³/mol. The Morgan fingerprint density at radius 1 is 1.00 bits per heavy atom. The first-order valence-electron chi connectivity index (χ1n) is 5.94. The van der Waals surface area contributed by atoms with Gasteiger partial charge in [-0.05, 0) is 36.2 Å². The van der Waals surface area contributed by atoms with Crippen LogP contribution in [0.1, 0.15) is 5.56 Å². The molecule has 0 atom stereocenters. The van der Waals surface area contributed by atoms with Gasteiger partial charge in [-0.2, -0.15) is 0 Å². The predicted octanol–water partition coefficient (Wildman–Crippen LogP) is 4.53. The molecule has 3 heteroatoms. The molecule has 1 aromatic heterocycles. The largest absolute Gasteiger partial charge is 0.423 e. The van der Waals surface area contributed by atoms with Crippen LogP contribution in [0.5, 0.6) is 0 Å². The van der Waals surface area contributed by atoms with Gasteiger partial charge in [0.25, 0.3) is 0 Å². The van der Waals surface area contributed by atoms with Crippen LogP contribution in [0.2, 0.25) is 0 Å². The maximum atomic E-state index is 11.7. The second kappa shape index (κ2) is 4.67. The molecule has 0 aliphatic rings. The maximum Gasteiger partial charge on any atom is 0.336 e. The van der Waals surface area contributed by atoms with Crippen molar-refractivity contribution in [3.05, 3.63) is 69.0 Å². The van der Waals surface area contributed by atoms with Gasteiger partial charge in [0.05, 0.1) is 0 Å². The average Bonchev–Trinajstić information content (AvgIpc) is 2.39. The zero-order chi connectivity index (χ0) is 13.4. The summed E-state index contributed by atoms with van der Waals surface area (Å²) in [6.45, 7) is 2.04. The Morgan fingerprint density at radius 3 is 2.47 bits per heavy atom. The zero-order valence-electron chi connectivity index (χ0n) is 10.3. The van der Waals surface area contributed by atoms with Crippen molar-refractivity contribution < 1.29 is 4.42 Å². The number of halogens is 1. The van der Waals surface area contributed by atoms with Crippen LogP contribution in [0, 0.1) is 6.92 Å². The number of hydrogen-bond donors (Lipinski definition) is 0. The molecular weight excluding hydrogens is 304 g/mol. The van der Waals surface area contributed by atoms with E-state index in [-0.39, 0.29) is 5.63 Å². The Morgan fingerprint density at radius 2 is 1.74 bits per heavy atom. The van der Waals surface area contributed by atoms with Crippen molar-refractivity contribution in [2.75, 3.05) is 0 Å². The number of rotatable bonds is 1.